The van der Waals surface area contributed by atoms with Gasteiger partial charge < -0.3 is 15.4 Å². The highest BCUT2D eigenvalue weighted by molar-refractivity contribution is 6.10. The van der Waals surface area contributed by atoms with E-state index in [2.05, 4.69) is 11.1 Å². The van der Waals surface area contributed by atoms with Crippen LogP contribution in [0.3, 0.4) is 0 Å². The van der Waals surface area contributed by atoms with E-state index in [0.29, 0.717) is 36.7 Å². The second-order valence-corrected chi connectivity index (χ2v) is 5.06. The van der Waals surface area contributed by atoms with Gasteiger partial charge in [-0.15, -0.1) is 0 Å². The van der Waals surface area contributed by atoms with Crippen molar-refractivity contribution in [2.45, 2.75) is 19.3 Å². The summed E-state index contributed by atoms with van der Waals surface area (Å²) in [5, 5.41) is 27.1. The molecule has 23 heavy (non-hydrogen) atoms. The lowest BCUT2D eigenvalue weighted by molar-refractivity contribution is 0.174. The van der Waals surface area contributed by atoms with Crippen molar-refractivity contribution in [3.8, 4) is 18.2 Å². The van der Waals surface area contributed by atoms with Gasteiger partial charge in [-0.3, -0.25) is 0 Å². The molecule has 0 saturated carbocycles. The molecule has 0 aromatic carbocycles. The molecule has 0 aromatic rings. The minimum Gasteiger partial charge on any atom is -0.384 e. The van der Waals surface area contributed by atoms with Crippen molar-refractivity contribution < 1.29 is 4.74 Å². The van der Waals surface area contributed by atoms with E-state index in [0.717, 1.165) is 24.1 Å². The van der Waals surface area contributed by atoms with Crippen LogP contribution in [-0.4, -0.2) is 30.9 Å². The molecule has 0 saturated heterocycles. The minimum atomic E-state index is -0.186. The Bertz CT molecular complexity index is 735. The maximum atomic E-state index is 9.26. The molecule has 116 valence electrons. The third kappa shape index (κ3) is 3.23. The quantitative estimate of drug-likeness (QED) is 0.784. The molecule has 1 heterocycles. The van der Waals surface area contributed by atoms with Crippen molar-refractivity contribution >= 4 is 5.71 Å². The predicted octanol–water partition coefficient (Wildman–Crippen LogP) is 1.45. The van der Waals surface area contributed by atoms with Crippen LogP contribution in [0.5, 0.6) is 0 Å². The first-order valence-electron chi connectivity index (χ1n) is 7.15. The van der Waals surface area contributed by atoms with Gasteiger partial charge in [-0.25, -0.2) is 4.99 Å². The molecule has 2 N–H and O–H groups in total. The fraction of sp³-hybridized carbons (Fsp3) is 0.375. The van der Waals surface area contributed by atoms with Crippen molar-refractivity contribution in [3.63, 3.8) is 0 Å². The monoisotopic (exact) mass is 308 g/mol. The number of fused-ring (bicyclic) bond motifs is 1. The normalized spacial score (nSPS) is 16.8. The molecular formula is C16H16N6O. The molecule has 0 fully saturated rings. The van der Waals surface area contributed by atoms with Crippen LogP contribution in [0.4, 0.5) is 0 Å². The van der Waals surface area contributed by atoms with Gasteiger partial charge in [0.15, 0.2) is 0 Å². The van der Waals surface area contributed by atoms with E-state index in [4.69, 9.17) is 21.0 Å². The molecule has 1 aliphatic carbocycles. The van der Waals surface area contributed by atoms with Gasteiger partial charge in [0.25, 0.3) is 0 Å². The zero-order valence-corrected chi connectivity index (χ0v) is 12.8. The fourth-order valence-corrected chi connectivity index (χ4v) is 2.68. The molecule has 0 aromatic heterocycles. The molecule has 7 heteroatoms. The van der Waals surface area contributed by atoms with Crippen LogP contribution in [-0.2, 0) is 4.74 Å². The number of rotatable bonds is 4. The Kier molecular flexibility index (Phi) is 5.15. The zero-order valence-electron chi connectivity index (χ0n) is 12.8. The van der Waals surface area contributed by atoms with Crippen molar-refractivity contribution in [2.24, 2.45) is 10.7 Å². The maximum absolute atomic E-state index is 9.26. The number of hydrogen-bond donors (Lipinski definition) is 1. The summed E-state index contributed by atoms with van der Waals surface area (Å²) in [6, 6.07) is 5.66. The van der Waals surface area contributed by atoms with Crippen LogP contribution in [0, 0.1) is 34.0 Å². The Labute approximate surface area is 134 Å². The summed E-state index contributed by atoms with van der Waals surface area (Å²) in [4.78, 5) is 5.98. The van der Waals surface area contributed by atoms with E-state index in [-0.39, 0.29) is 5.71 Å². The van der Waals surface area contributed by atoms with Crippen LogP contribution in [0.15, 0.2) is 39.4 Å². The zero-order chi connectivity index (χ0) is 16.8. The van der Waals surface area contributed by atoms with Crippen LogP contribution >= 0.6 is 0 Å². The second kappa shape index (κ2) is 7.26. The average molecular weight is 308 g/mol. The Morgan fingerprint density at radius 3 is 2.70 bits per heavy atom. The number of nitriles is 3. The SMILES string of the molecule is COCCN1C(N)=C(C#N)C=C2CCCC(N=C(C#N)C#N)=C21. The van der Waals surface area contributed by atoms with Gasteiger partial charge in [-0.1, -0.05) is 0 Å². The summed E-state index contributed by atoms with van der Waals surface area (Å²) in [5.74, 6) is 0.341. The summed E-state index contributed by atoms with van der Waals surface area (Å²) in [7, 11) is 1.59. The molecule has 7 nitrogen and oxygen atoms in total. The van der Waals surface area contributed by atoms with Gasteiger partial charge in [0.05, 0.1) is 23.6 Å². The lowest BCUT2D eigenvalue weighted by Gasteiger charge is -2.35. The minimum absolute atomic E-state index is 0.186. The van der Waals surface area contributed by atoms with Crippen molar-refractivity contribution in [2.75, 3.05) is 20.3 Å². The van der Waals surface area contributed by atoms with E-state index in [9.17, 15) is 5.26 Å². The standard InChI is InChI=1S/C16H16N6O/c1-23-6-5-22-15-11(7-12(8-17)16(22)20)3-2-4-14(15)21-13(9-18)10-19/h7H,2-6,20H2,1H3. The van der Waals surface area contributed by atoms with Gasteiger partial charge in [-0.05, 0) is 30.9 Å². The topological polar surface area (TPSA) is 122 Å². The highest BCUT2D eigenvalue weighted by Gasteiger charge is 2.29. The highest BCUT2D eigenvalue weighted by Crippen LogP contribution is 2.38. The fourth-order valence-electron chi connectivity index (χ4n) is 2.68. The van der Waals surface area contributed by atoms with Crippen LogP contribution < -0.4 is 5.73 Å². The Morgan fingerprint density at radius 1 is 1.35 bits per heavy atom. The number of allylic oxidation sites excluding steroid dienone is 4. The third-order valence-corrected chi connectivity index (χ3v) is 3.69. The maximum Gasteiger partial charge on any atom is 0.218 e. The van der Waals surface area contributed by atoms with Crippen molar-refractivity contribution in [3.05, 3.63) is 34.4 Å². The number of nitrogens with zero attached hydrogens (tertiary/aromatic N) is 5. The first kappa shape index (κ1) is 16.3. The van der Waals surface area contributed by atoms with E-state index >= 15 is 0 Å². The van der Waals surface area contributed by atoms with E-state index < -0.39 is 0 Å². The average Bonchev–Trinajstić information content (AvgIpc) is 2.58. The number of nitrogens with two attached hydrogens (primary N) is 1. The van der Waals surface area contributed by atoms with E-state index in [1.165, 1.54) is 0 Å². The third-order valence-electron chi connectivity index (χ3n) is 3.69. The molecule has 0 amide bonds. The molecule has 0 unspecified atom stereocenters. The number of hydrogen-bond acceptors (Lipinski definition) is 7. The van der Waals surface area contributed by atoms with Gasteiger partial charge >= 0.3 is 0 Å². The smallest absolute Gasteiger partial charge is 0.218 e. The highest BCUT2D eigenvalue weighted by atomic mass is 16.5. The molecule has 2 aliphatic rings. The molecule has 0 radical (unpaired) electrons. The Morgan fingerprint density at radius 2 is 2.09 bits per heavy atom. The molecule has 0 atom stereocenters. The Balaban J connectivity index is 2.59. The second-order valence-electron chi connectivity index (χ2n) is 5.06. The Hall–Kier alpha value is -3.08. The molecule has 2 rings (SSSR count). The summed E-state index contributed by atoms with van der Waals surface area (Å²) >= 11 is 0. The summed E-state index contributed by atoms with van der Waals surface area (Å²) in [6.07, 6.45) is 4.05. The van der Waals surface area contributed by atoms with Gasteiger partial charge in [0.1, 0.15) is 24.0 Å². The van der Waals surface area contributed by atoms with Gasteiger partial charge in [-0.2, -0.15) is 15.8 Å². The van der Waals surface area contributed by atoms with Crippen molar-refractivity contribution in [1.29, 1.82) is 15.8 Å². The summed E-state index contributed by atoms with van der Waals surface area (Å²) < 4.78 is 5.11. The number of ether oxygens (including phenoxy) is 1. The van der Waals surface area contributed by atoms with Crippen molar-refractivity contribution in [1.82, 2.24) is 4.90 Å². The van der Waals surface area contributed by atoms with Gasteiger partial charge in [0.2, 0.25) is 5.71 Å². The molecule has 0 bridgehead atoms. The lowest BCUT2D eigenvalue weighted by atomic mass is 9.90. The number of methoxy groups -OCH3 is 1. The lowest BCUT2D eigenvalue weighted by Crippen LogP contribution is -2.36. The molecule has 0 spiro atoms. The first-order chi connectivity index (χ1) is 11.2. The summed E-state index contributed by atoms with van der Waals surface area (Å²) in [6.45, 7) is 0.893. The first-order valence-corrected chi connectivity index (χ1v) is 7.15. The predicted molar refractivity (Wildman–Crippen MR) is 83.0 cm³/mol. The molecular weight excluding hydrogens is 292 g/mol. The van der Waals surface area contributed by atoms with Crippen LogP contribution in [0.2, 0.25) is 0 Å². The largest absolute Gasteiger partial charge is 0.384 e. The van der Waals surface area contributed by atoms with E-state index in [1.807, 2.05) is 0 Å². The van der Waals surface area contributed by atoms with Gasteiger partial charge in [0, 0.05) is 13.7 Å². The summed E-state index contributed by atoms with van der Waals surface area (Å²) in [5.41, 5.74) is 8.72. The molecule has 1 aliphatic heterocycles. The van der Waals surface area contributed by atoms with Crippen LogP contribution in [0.1, 0.15) is 19.3 Å². The number of aliphatic imine (C=N–C) groups is 1. The van der Waals surface area contributed by atoms with E-state index in [1.54, 1.807) is 30.2 Å². The van der Waals surface area contributed by atoms with Crippen LogP contribution in [0.25, 0.3) is 0 Å².